The van der Waals surface area contributed by atoms with E-state index in [1.165, 1.54) is 32.1 Å². The van der Waals surface area contributed by atoms with Crippen molar-refractivity contribution in [2.45, 2.75) is 45.1 Å². The first kappa shape index (κ1) is 15.8. The van der Waals surface area contributed by atoms with Crippen molar-refractivity contribution in [3.63, 3.8) is 0 Å². The standard InChI is InChI=1S/C20H23N5/c1-15-12-18(16-8-4-2-5-9-16)25(24-15)20-13-19(21-14-22-20)23-17-10-6-3-7-11-17/h2,4-5,8-9,12-14,17H,3,6-7,10-11H2,1H3,(H,21,22,23). The molecule has 5 nitrogen and oxygen atoms in total. The molecule has 1 aromatic carbocycles. The molecule has 128 valence electrons. The highest BCUT2D eigenvalue weighted by molar-refractivity contribution is 5.62. The van der Waals surface area contributed by atoms with Crippen molar-refractivity contribution < 1.29 is 0 Å². The molecule has 1 aliphatic carbocycles. The second-order valence-corrected chi connectivity index (χ2v) is 6.69. The van der Waals surface area contributed by atoms with Gasteiger partial charge in [0.05, 0.1) is 11.4 Å². The number of benzene rings is 1. The lowest BCUT2D eigenvalue weighted by Gasteiger charge is -2.23. The summed E-state index contributed by atoms with van der Waals surface area (Å²) in [6, 6.07) is 14.9. The first-order valence-electron chi connectivity index (χ1n) is 9.00. The SMILES string of the molecule is Cc1cc(-c2ccccc2)n(-c2cc(NC3CCCCC3)ncn2)n1. The van der Waals surface area contributed by atoms with Crippen LogP contribution in [0.5, 0.6) is 0 Å². The molecule has 0 aliphatic heterocycles. The molecule has 4 rings (SSSR count). The van der Waals surface area contributed by atoms with Gasteiger partial charge in [-0.25, -0.2) is 14.6 Å². The summed E-state index contributed by atoms with van der Waals surface area (Å²) in [4.78, 5) is 8.86. The van der Waals surface area contributed by atoms with Gasteiger partial charge in [-0.3, -0.25) is 0 Å². The van der Waals surface area contributed by atoms with Gasteiger partial charge in [0.2, 0.25) is 0 Å². The summed E-state index contributed by atoms with van der Waals surface area (Å²) in [5.41, 5.74) is 3.14. The quantitative estimate of drug-likeness (QED) is 0.770. The maximum Gasteiger partial charge on any atom is 0.159 e. The minimum atomic E-state index is 0.518. The molecule has 0 unspecified atom stereocenters. The molecule has 0 bridgehead atoms. The molecule has 0 saturated heterocycles. The van der Waals surface area contributed by atoms with Gasteiger partial charge in [0.25, 0.3) is 0 Å². The number of nitrogens with zero attached hydrogens (tertiary/aromatic N) is 4. The van der Waals surface area contributed by atoms with Gasteiger partial charge in [-0.1, -0.05) is 49.6 Å². The Morgan fingerprint density at radius 2 is 1.80 bits per heavy atom. The second kappa shape index (κ2) is 7.05. The summed E-state index contributed by atoms with van der Waals surface area (Å²) in [5, 5.41) is 8.21. The molecule has 2 aromatic heterocycles. The van der Waals surface area contributed by atoms with E-state index >= 15 is 0 Å². The summed E-state index contributed by atoms with van der Waals surface area (Å²) in [6.07, 6.45) is 8.00. The molecule has 5 heteroatoms. The van der Waals surface area contributed by atoms with Crippen LogP contribution in [0.3, 0.4) is 0 Å². The van der Waals surface area contributed by atoms with Crippen LogP contribution in [0.4, 0.5) is 5.82 Å². The minimum absolute atomic E-state index is 0.518. The van der Waals surface area contributed by atoms with Gasteiger partial charge in [0, 0.05) is 17.7 Å². The van der Waals surface area contributed by atoms with E-state index in [1.54, 1.807) is 6.33 Å². The fraction of sp³-hybridized carbons (Fsp3) is 0.350. The van der Waals surface area contributed by atoms with E-state index in [9.17, 15) is 0 Å². The Bertz CT molecular complexity index is 834. The van der Waals surface area contributed by atoms with Crippen molar-refractivity contribution in [2.24, 2.45) is 0 Å². The third-order valence-electron chi connectivity index (χ3n) is 4.73. The van der Waals surface area contributed by atoms with E-state index in [0.717, 1.165) is 28.6 Å². The predicted octanol–water partition coefficient (Wildman–Crippen LogP) is 4.38. The van der Waals surface area contributed by atoms with Crippen LogP contribution in [-0.4, -0.2) is 25.8 Å². The summed E-state index contributed by atoms with van der Waals surface area (Å²) >= 11 is 0. The van der Waals surface area contributed by atoms with Crippen molar-refractivity contribution in [3.05, 3.63) is 54.5 Å². The Balaban J connectivity index is 1.65. The van der Waals surface area contributed by atoms with Crippen molar-refractivity contribution in [1.82, 2.24) is 19.7 Å². The topological polar surface area (TPSA) is 55.6 Å². The molecule has 0 spiro atoms. The Kier molecular flexibility index (Phi) is 4.46. The number of nitrogens with one attached hydrogen (secondary N) is 1. The highest BCUT2D eigenvalue weighted by Gasteiger charge is 2.15. The molecule has 1 fully saturated rings. The largest absolute Gasteiger partial charge is 0.367 e. The highest BCUT2D eigenvalue weighted by Crippen LogP contribution is 2.25. The van der Waals surface area contributed by atoms with Crippen LogP contribution in [0, 0.1) is 6.92 Å². The Morgan fingerprint density at radius 3 is 2.60 bits per heavy atom. The van der Waals surface area contributed by atoms with Crippen LogP contribution in [-0.2, 0) is 0 Å². The highest BCUT2D eigenvalue weighted by atomic mass is 15.3. The van der Waals surface area contributed by atoms with Crippen LogP contribution in [0.15, 0.2) is 48.8 Å². The third-order valence-corrected chi connectivity index (χ3v) is 4.73. The first-order valence-corrected chi connectivity index (χ1v) is 9.00. The maximum atomic E-state index is 4.64. The Labute approximate surface area is 148 Å². The number of anilines is 1. The number of hydrogen-bond donors (Lipinski definition) is 1. The zero-order valence-corrected chi connectivity index (χ0v) is 14.5. The number of hydrogen-bond acceptors (Lipinski definition) is 4. The molecule has 2 heterocycles. The predicted molar refractivity (Wildman–Crippen MR) is 99.8 cm³/mol. The van der Waals surface area contributed by atoms with Crippen molar-refractivity contribution in [3.8, 4) is 17.1 Å². The fourth-order valence-corrected chi connectivity index (χ4v) is 3.49. The van der Waals surface area contributed by atoms with Crippen molar-refractivity contribution in [2.75, 3.05) is 5.32 Å². The number of aromatic nitrogens is 4. The smallest absolute Gasteiger partial charge is 0.159 e. The summed E-state index contributed by atoms with van der Waals surface area (Å²) in [6.45, 7) is 2.01. The average Bonchev–Trinajstić information content (AvgIpc) is 3.05. The van der Waals surface area contributed by atoms with E-state index in [4.69, 9.17) is 0 Å². The van der Waals surface area contributed by atoms with Crippen LogP contribution in [0.1, 0.15) is 37.8 Å². The van der Waals surface area contributed by atoms with Gasteiger partial charge >= 0.3 is 0 Å². The van der Waals surface area contributed by atoms with Gasteiger partial charge in [0.1, 0.15) is 12.1 Å². The van der Waals surface area contributed by atoms with Gasteiger partial charge in [-0.15, -0.1) is 0 Å². The number of aryl methyl sites for hydroxylation is 1. The zero-order valence-electron chi connectivity index (χ0n) is 14.5. The fourth-order valence-electron chi connectivity index (χ4n) is 3.49. The van der Waals surface area contributed by atoms with Crippen LogP contribution < -0.4 is 5.32 Å². The van der Waals surface area contributed by atoms with E-state index in [2.05, 4.69) is 38.6 Å². The molecule has 1 saturated carbocycles. The first-order chi connectivity index (χ1) is 12.3. The molecular formula is C20H23N5. The van der Waals surface area contributed by atoms with E-state index in [0.29, 0.717) is 6.04 Å². The molecule has 0 atom stereocenters. The second-order valence-electron chi connectivity index (χ2n) is 6.69. The van der Waals surface area contributed by atoms with E-state index < -0.39 is 0 Å². The normalized spacial score (nSPS) is 15.2. The zero-order chi connectivity index (χ0) is 17.1. The lowest BCUT2D eigenvalue weighted by atomic mass is 9.95. The Hall–Kier alpha value is -2.69. The van der Waals surface area contributed by atoms with Crippen molar-refractivity contribution in [1.29, 1.82) is 0 Å². The average molecular weight is 333 g/mol. The van der Waals surface area contributed by atoms with E-state index in [-0.39, 0.29) is 0 Å². The van der Waals surface area contributed by atoms with Gasteiger partial charge in [-0.2, -0.15) is 5.10 Å². The van der Waals surface area contributed by atoms with Gasteiger partial charge in [-0.05, 0) is 25.8 Å². The summed E-state index contributed by atoms with van der Waals surface area (Å²) in [7, 11) is 0. The van der Waals surface area contributed by atoms with Crippen LogP contribution in [0.2, 0.25) is 0 Å². The van der Waals surface area contributed by atoms with Crippen LogP contribution in [0.25, 0.3) is 17.1 Å². The lowest BCUT2D eigenvalue weighted by Crippen LogP contribution is -2.23. The molecule has 0 amide bonds. The third kappa shape index (κ3) is 3.55. The molecule has 1 aliphatic rings. The molecule has 3 aromatic rings. The molecular weight excluding hydrogens is 310 g/mol. The molecule has 1 N–H and O–H groups in total. The number of rotatable bonds is 4. The molecule has 0 radical (unpaired) electrons. The lowest BCUT2D eigenvalue weighted by molar-refractivity contribution is 0.462. The summed E-state index contributed by atoms with van der Waals surface area (Å²) in [5.74, 6) is 1.67. The maximum absolute atomic E-state index is 4.64. The van der Waals surface area contributed by atoms with Crippen LogP contribution >= 0.6 is 0 Å². The minimum Gasteiger partial charge on any atom is -0.367 e. The molecule has 25 heavy (non-hydrogen) atoms. The van der Waals surface area contributed by atoms with Gasteiger partial charge < -0.3 is 5.32 Å². The summed E-state index contributed by atoms with van der Waals surface area (Å²) < 4.78 is 1.90. The monoisotopic (exact) mass is 333 g/mol. The van der Waals surface area contributed by atoms with Gasteiger partial charge in [0.15, 0.2) is 5.82 Å². The van der Waals surface area contributed by atoms with Crippen molar-refractivity contribution >= 4 is 5.82 Å². The Morgan fingerprint density at radius 1 is 1.00 bits per heavy atom. The van der Waals surface area contributed by atoms with E-state index in [1.807, 2.05) is 35.9 Å².